The minimum atomic E-state index is -0.168. The van der Waals surface area contributed by atoms with Gasteiger partial charge < -0.3 is 15.8 Å². The Kier molecular flexibility index (Phi) is 2.56. The molecule has 1 aliphatic heterocycles. The quantitative estimate of drug-likeness (QED) is 0.601. The van der Waals surface area contributed by atoms with Crippen molar-refractivity contribution in [1.82, 2.24) is 5.32 Å². The highest BCUT2D eigenvalue weighted by molar-refractivity contribution is 5.87. The van der Waals surface area contributed by atoms with Crippen molar-refractivity contribution in [2.45, 2.75) is 31.0 Å². The van der Waals surface area contributed by atoms with Gasteiger partial charge in [-0.25, -0.2) is 0 Å². The van der Waals surface area contributed by atoms with Crippen molar-refractivity contribution in [3.63, 3.8) is 0 Å². The normalized spacial score (nSPS) is 40.6. The summed E-state index contributed by atoms with van der Waals surface area (Å²) >= 11 is 0. The molecule has 4 atom stereocenters. The van der Waals surface area contributed by atoms with E-state index in [1.807, 2.05) is 0 Å². The van der Waals surface area contributed by atoms with Gasteiger partial charge in [0.25, 0.3) is 0 Å². The molecule has 0 bridgehead atoms. The lowest BCUT2D eigenvalue weighted by molar-refractivity contribution is -0.136. The highest BCUT2D eigenvalue weighted by Gasteiger charge is 2.50. The molecule has 4 nitrogen and oxygen atoms in total. The van der Waals surface area contributed by atoms with Crippen LogP contribution in [0.3, 0.4) is 0 Å². The fraction of sp³-hybridized carbons (Fsp3) is 0.700. The fourth-order valence-corrected chi connectivity index (χ4v) is 2.35. The fourth-order valence-electron chi connectivity index (χ4n) is 2.35. The maximum Gasteiger partial charge on any atom is 0.243 e. The van der Waals surface area contributed by atoms with E-state index in [0.717, 1.165) is 19.4 Å². The van der Waals surface area contributed by atoms with E-state index in [1.165, 1.54) is 6.08 Å². The molecule has 1 aliphatic carbocycles. The summed E-state index contributed by atoms with van der Waals surface area (Å²) < 4.78 is 5.58. The van der Waals surface area contributed by atoms with Gasteiger partial charge >= 0.3 is 0 Å². The van der Waals surface area contributed by atoms with Gasteiger partial charge in [-0.15, -0.1) is 0 Å². The second-order valence-corrected chi connectivity index (χ2v) is 3.96. The van der Waals surface area contributed by atoms with E-state index in [-0.39, 0.29) is 24.1 Å². The summed E-state index contributed by atoms with van der Waals surface area (Å²) in [4.78, 5) is 11.1. The molecule has 3 N–H and O–H groups in total. The highest BCUT2D eigenvalue weighted by Crippen LogP contribution is 2.36. The van der Waals surface area contributed by atoms with Crippen LogP contribution in [0.4, 0.5) is 0 Å². The van der Waals surface area contributed by atoms with Crippen molar-refractivity contribution >= 4 is 5.91 Å². The molecule has 1 amide bonds. The molecular formula is C10H16N2O2. The maximum absolute atomic E-state index is 11.1. The largest absolute Gasteiger partial charge is 0.376 e. The first-order valence-electron chi connectivity index (χ1n) is 5.04. The van der Waals surface area contributed by atoms with Gasteiger partial charge in [-0.1, -0.05) is 6.58 Å². The van der Waals surface area contributed by atoms with Crippen molar-refractivity contribution in [3.05, 3.63) is 12.7 Å². The van der Waals surface area contributed by atoms with E-state index < -0.39 is 0 Å². The Morgan fingerprint density at radius 3 is 3.14 bits per heavy atom. The number of hydrogen-bond donors (Lipinski definition) is 2. The zero-order chi connectivity index (χ0) is 10.1. The number of fused-ring (bicyclic) bond motifs is 1. The van der Waals surface area contributed by atoms with E-state index in [1.54, 1.807) is 0 Å². The number of carbonyl (C=O) groups excluding carboxylic acids is 1. The van der Waals surface area contributed by atoms with Gasteiger partial charge in [0.1, 0.15) is 0 Å². The summed E-state index contributed by atoms with van der Waals surface area (Å²) in [7, 11) is 0. The van der Waals surface area contributed by atoms with Gasteiger partial charge in [-0.3, -0.25) is 4.79 Å². The molecule has 2 rings (SSSR count). The molecule has 78 valence electrons. The summed E-state index contributed by atoms with van der Waals surface area (Å²) in [6.07, 6.45) is 3.59. The molecule has 0 spiro atoms. The van der Waals surface area contributed by atoms with Crippen LogP contribution in [0.15, 0.2) is 12.7 Å². The highest BCUT2D eigenvalue weighted by atomic mass is 16.5. The van der Waals surface area contributed by atoms with Crippen LogP contribution in [-0.2, 0) is 9.53 Å². The van der Waals surface area contributed by atoms with Crippen molar-refractivity contribution in [2.75, 3.05) is 6.61 Å². The van der Waals surface area contributed by atoms with Crippen molar-refractivity contribution in [3.8, 4) is 0 Å². The van der Waals surface area contributed by atoms with Crippen molar-refractivity contribution < 1.29 is 9.53 Å². The van der Waals surface area contributed by atoms with E-state index in [0.29, 0.717) is 5.92 Å². The molecule has 0 radical (unpaired) electrons. The lowest BCUT2D eigenvalue weighted by Crippen LogP contribution is -2.71. The van der Waals surface area contributed by atoms with Gasteiger partial charge in [0.05, 0.1) is 12.1 Å². The molecule has 4 heteroatoms. The average Bonchev–Trinajstić information content (AvgIpc) is 2.25. The van der Waals surface area contributed by atoms with Crippen molar-refractivity contribution in [2.24, 2.45) is 11.7 Å². The number of nitrogens with one attached hydrogen (secondary N) is 1. The standard InChI is InChI=1S/C10H16N2O2/c1-2-7(13)12-9-8(11)6-4-3-5-14-10(6)9/h2,6,8-10H,1,3-5,11H2,(H,12,13). The van der Waals surface area contributed by atoms with Gasteiger partial charge in [0.15, 0.2) is 0 Å². The topological polar surface area (TPSA) is 64.4 Å². The third kappa shape index (κ3) is 1.44. The van der Waals surface area contributed by atoms with Gasteiger partial charge in [-0.2, -0.15) is 0 Å². The third-order valence-corrected chi connectivity index (χ3v) is 3.17. The Bertz CT molecular complexity index is 255. The monoisotopic (exact) mass is 196 g/mol. The van der Waals surface area contributed by atoms with Crippen LogP contribution in [0.5, 0.6) is 0 Å². The molecule has 0 aromatic carbocycles. The molecule has 1 saturated heterocycles. The average molecular weight is 196 g/mol. The van der Waals surface area contributed by atoms with E-state index in [9.17, 15) is 4.79 Å². The Morgan fingerprint density at radius 1 is 1.64 bits per heavy atom. The Morgan fingerprint density at radius 2 is 2.43 bits per heavy atom. The molecule has 1 heterocycles. The van der Waals surface area contributed by atoms with Crippen molar-refractivity contribution in [1.29, 1.82) is 0 Å². The first kappa shape index (κ1) is 9.68. The van der Waals surface area contributed by atoms with Crippen LogP contribution < -0.4 is 11.1 Å². The number of nitrogens with two attached hydrogens (primary N) is 1. The molecule has 2 fully saturated rings. The summed E-state index contributed by atoms with van der Waals surface area (Å²) in [5.41, 5.74) is 5.95. The summed E-state index contributed by atoms with van der Waals surface area (Å²) in [6.45, 7) is 4.19. The second kappa shape index (κ2) is 3.71. The molecule has 4 unspecified atom stereocenters. The first-order valence-corrected chi connectivity index (χ1v) is 5.04. The molecule has 14 heavy (non-hydrogen) atoms. The molecule has 1 saturated carbocycles. The predicted octanol–water partition coefficient (Wildman–Crippen LogP) is -0.207. The van der Waals surface area contributed by atoms with Gasteiger partial charge in [-0.05, 0) is 18.9 Å². The van der Waals surface area contributed by atoms with E-state index in [2.05, 4.69) is 11.9 Å². The van der Waals surface area contributed by atoms with Crippen LogP contribution in [0.25, 0.3) is 0 Å². The number of carbonyl (C=O) groups is 1. The third-order valence-electron chi connectivity index (χ3n) is 3.17. The Labute approximate surface area is 83.5 Å². The van der Waals surface area contributed by atoms with Crippen LogP contribution >= 0.6 is 0 Å². The molecular weight excluding hydrogens is 180 g/mol. The minimum Gasteiger partial charge on any atom is -0.376 e. The summed E-state index contributed by atoms with van der Waals surface area (Å²) in [6, 6.07) is 0.0231. The Balaban J connectivity index is 1.93. The Hall–Kier alpha value is -0.870. The van der Waals surface area contributed by atoms with E-state index >= 15 is 0 Å². The number of ether oxygens (including phenoxy) is 1. The smallest absolute Gasteiger partial charge is 0.243 e. The minimum absolute atomic E-state index is 0.0224. The zero-order valence-corrected chi connectivity index (χ0v) is 8.11. The maximum atomic E-state index is 11.1. The van der Waals surface area contributed by atoms with Crippen LogP contribution in [0.2, 0.25) is 0 Å². The van der Waals surface area contributed by atoms with Gasteiger partial charge in [0.2, 0.25) is 5.91 Å². The zero-order valence-electron chi connectivity index (χ0n) is 8.11. The summed E-state index contributed by atoms with van der Waals surface area (Å²) in [5, 5.41) is 2.81. The van der Waals surface area contributed by atoms with Crippen LogP contribution in [-0.4, -0.2) is 30.7 Å². The lowest BCUT2D eigenvalue weighted by Gasteiger charge is -2.52. The number of hydrogen-bond acceptors (Lipinski definition) is 3. The predicted molar refractivity (Wildman–Crippen MR) is 52.6 cm³/mol. The van der Waals surface area contributed by atoms with Crippen LogP contribution in [0, 0.1) is 5.92 Å². The van der Waals surface area contributed by atoms with Crippen LogP contribution in [0.1, 0.15) is 12.8 Å². The van der Waals surface area contributed by atoms with E-state index in [4.69, 9.17) is 10.5 Å². The SMILES string of the molecule is C=CC(=O)NC1C(N)C2CCCOC21. The molecule has 2 aliphatic rings. The molecule has 0 aromatic heterocycles. The number of amides is 1. The van der Waals surface area contributed by atoms with Gasteiger partial charge in [0, 0.05) is 18.6 Å². The first-order chi connectivity index (χ1) is 6.74. The molecule has 0 aromatic rings. The number of rotatable bonds is 2. The lowest BCUT2D eigenvalue weighted by atomic mass is 9.68. The summed E-state index contributed by atoms with van der Waals surface area (Å²) in [5.74, 6) is 0.261. The second-order valence-electron chi connectivity index (χ2n) is 3.96.